The van der Waals surface area contributed by atoms with Crippen molar-refractivity contribution in [3.05, 3.63) is 53.6 Å². The van der Waals surface area contributed by atoms with Crippen LogP contribution in [0.2, 0.25) is 5.02 Å². The van der Waals surface area contributed by atoms with Crippen molar-refractivity contribution in [3.63, 3.8) is 0 Å². The third-order valence-corrected chi connectivity index (χ3v) is 5.00. The maximum atomic E-state index is 12.3. The van der Waals surface area contributed by atoms with E-state index in [-0.39, 0.29) is 5.91 Å². The van der Waals surface area contributed by atoms with E-state index in [1.807, 2.05) is 0 Å². The zero-order valence-electron chi connectivity index (χ0n) is 14.1. The molecule has 0 aliphatic heterocycles. The van der Waals surface area contributed by atoms with Gasteiger partial charge in [-0.25, -0.2) is 8.42 Å². The minimum absolute atomic E-state index is 0.376. The van der Waals surface area contributed by atoms with Crippen molar-refractivity contribution < 1.29 is 17.9 Å². The second kappa shape index (κ2) is 7.76. The number of para-hydroxylation sites is 1. The van der Waals surface area contributed by atoms with E-state index in [9.17, 15) is 13.2 Å². The normalized spacial score (nSPS) is 12.3. The predicted octanol–water partition coefficient (Wildman–Crippen LogP) is 3.14. The van der Waals surface area contributed by atoms with Crippen LogP contribution < -0.4 is 14.4 Å². The molecule has 2 aromatic carbocycles. The molecule has 0 aliphatic rings. The molecular weight excluding hydrogens is 364 g/mol. The Kier molecular flexibility index (Phi) is 5.92. The zero-order valence-corrected chi connectivity index (χ0v) is 15.6. The molecule has 2 aromatic rings. The van der Waals surface area contributed by atoms with Crippen molar-refractivity contribution in [2.75, 3.05) is 22.9 Å². The van der Waals surface area contributed by atoms with Gasteiger partial charge >= 0.3 is 0 Å². The zero-order chi connectivity index (χ0) is 18.6. The van der Waals surface area contributed by atoms with Crippen molar-refractivity contribution in [2.45, 2.75) is 13.0 Å². The molecule has 0 radical (unpaired) electrons. The smallest absolute Gasteiger partial charge is 0.265 e. The van der Waals surface area contributed by atoms with Crippen molar-refractivity contribution in [1.82, 2.24) is 0 Å². The Morgan fingerprint density at radius 2 is 1.88 bits per heavy atom. The number of amides is 1. The van der Waals surface area contributed by atoms with Crippen LogP contribution in [0.3, 0.4) is 0 Å². The number of hydrogen-bond donors (Lipinski definition) is 1. The van der Waals surface area contributed by atoms with Crippen LogP contribution in [0.25, 0.3) is 0 Å². The first-order valence-corrected chi connectivity index (χ1v) is 9.67. The monoisotopic (exact) mass is 382 g/mol. The van der Waals surface area contributed by atoms with Gasteiger partial charge in [-0.1, -0.05) is 29.8 Å². The van der Waals surface area contributed by atoms with Gasteiger partial charge in [0.05, 0.1) is 17.0 Å². The largest absolute Gasteiger partial charge is 0.479 e. The lowest BCUT2D eigenvalue weighted by Gasteiger charge is -2.19. The van der Waals surface area contributed by atoms with E-state index in [1.54, 1.807) is 55.5 Å². The molecule has 6 nitrogen and oxygen atoms in total. The number of nitrogens with one attached hydrogen (secondary N) is 1. The summed E-state index contributed by atoms with van der Waals surface area (Å²) in [6.07, 6.45) is 0.328. The van der Waals surface area contributed by atoms with Crippen molar-refractivity contribution >= 4 is 38.9 Å². The maximum Gasteiger partial charge on any atom is 0.265 e. The SMILES string of the molecule is C[C@@H](Oc1ccccc1Cl)C(=O)Nc1cccc(N(C)S(C)(=O)=O)c1. The van der Waals surface area contributed by atoms with Gasteiger partial charge in [0.1, 0.15) is 5.75 Å². The quantitative estimate of drug-likeness (QED) is 0.832. The molecule has 1 amide bonds. The number of rotatable bonds is 6. The minimum Gasteiger partial charge on any atom is -0.479 e. The first kappa shape index (κ1) is 19.1. The Morgan fingerprint density at radius 3 is 2.52 bits per heavy atom. The topological polar surface area (TPSA) is 75.7 Å². The van der Waals surface area contributed by atoms with Crippen LogP contribution in [0, 0.1) is 0 Å². The van der Waals surface area contributed by atoms with E-state index < -0.39 is 16.1 Å². The van der Waals surface area contributed by atoms with Crippen LogP contribution in [0.15, 0.2) is 48.5 Å². The van der Waals surface area contributed by atoms with Gasteiger partial charge in [-0.15, -0.1) is 0 Å². The maximum absolute atomic E-state index is 12.3. The van der Waals surface area contributed by atoms with Gasteiger partial charge in [-0.3, -0.25) is 9.10 Å². The number of sulfonamides is 1. The molecule has 1 N–H and O–H groups in total. The number of ether oxygens (including phenoxy) is 1. The number of halogens is 1. The van der Waals surface area contributed by atoms with Crippen LogP contribution in [0.5, 0.6) is 5.75 Å². The van der Waals surface area contributed by atoms with E-state index >= 15 is 0 Å². The van der Waals surface area contributed by atoms with Crippen LogP contribution in [0.4, 0.5) is 11.4 Å². The van der Waals surface area contributed by atoms with E-state index in [0.717, 1.165) is 10.6 Å². The summed E-state index contributed by atoms with van der Waals surface area (Å²) in [5, 5.41) is 3.12. The Labute approximate surface area is 152 Å². The lowest BCUT2D eigenvalue weighted by Crippen LogP contribution is -2.30. The number of carbonyl (C=O) groups is 1. The van der Waals surface area contributed by atoms with Gasteiger partial charge < -0.3 is 10.1 Å². The first-order valence-electron chi connectivity index (χ1n) is 7.44. The number of anilines is 2. The second-order valence-corrected chi connectivity index (χ2v) is 7.88. The van der Waals surface area contributed by atoms with E-state index in [1.165, 1.54) is 7.05 Å². The summed E-state index contributed by atoms with van der Waals surface area (Å²) >= 11 is 6.01. The summed E-state index contributed by atoms with van der Waals surface area (Å²) in [7, 11) is -1.94. The highest BCUT2D eigenvalue weighted by molar-refractivity contribution is 7.92. The average Bonchev–Trinajstić information content (AvgIpc) is 2.55. The molecule has 1 atom stereocenters. The molecule has 0 fully saturated rings. The highest BCUT2D eigenvalue weighted by atomic mass is 35.5. The molecule has 25 heavy (non-hydrogen) atoms. The number of nitrogens with zero attached hydrogens (tertiary/aromatic N) is 1. The summed E-state index contributed by atoms with van der Waals surface area (Å²) in [4.78, 5) is 12.3. The first-order chi connectivity index (χ1) is 11.7. The molecule has 0 saturated carbocycles. The Bertz CT molecular complexity index is 870. The molecule has 0 bridgehead atoms. The van der Waals surface area contributed by atoms with E-state index in [0.29, 0.717) is 22.1 Å². The van der Waals surface area contributed by atoms with E-state index in [4.69, 9.17) is 16.3 Å². The molecule has 0 heterocycles. The van der Waals surface area contributed by atoms with Gasteiger partial charge in [0, 0.05) is 12.7 Å². The fourth-order valence-electron chi connectivity index (χ4n) is 2.00. The van der Waals surface area contributed by atoms with Crippen molar-refractivity contribution in [1.29, 1.82) is 0 Å². The Morgan fingerprint density at radius 1 is 1.20 bits per heavy atom. The van der Waals surface area contributed by atoms with Gasteiger partial charge in [0.15, 0.2) is 6.10 Å². The van der Waals surface area contributed by atoms with Crippen molar-refractivity contribution in [3.8, 4) is 5.75 Å². The van der Waals surface area contributed by atoms with Gasteiger partial charge in [0.2, 0.25) is 10.0 Å². The van der Waals surface area contributed by atoms with E-state index in [2.05, 4.69) is 5.32 Å². The van der Waals surface area contributed by atoms with Crippen LogP contribution in [-0.4, -0.2) is 33.7 Å². The summed E-state index contributed by atoms with van der Waals surface area (Å²) in [6.45, 7) is 1.60. The van der Waals surface area contributed by atoms with Gasteiger partial charge in [-0.05, 0) is 37.3 Å². The molecule has 0 aliphatic carbocycles. The van der Waals surface area contributed by atoms with Crippen LogP contribution >= 0.6 is 11.6 Å². The van der Waals surface area contributed by atoms with Gasteiger partial charge in [0.25, 0.3) is 5.91 Å². The van der Waals surface area contributed by atoms with Crippen LogP contribution in [0.1, 0.15) is 6.92 Å². The summed E-state index contributed by atoms with van der Waals surface area (Å²) in [5.74, 6) is 0.0384. The second-order valence-electron chi connectivity index (χ2n) is 5.46. The highest BCUT2D eigenvalue weighted by Crippen LogP contribution is 2.25. The van der Waals surface area contributed by atoms with Crippen LogP contribution in [-0.2, 0) is 14.8 Å². The van der Waals surface area contributed by atoms with Gasteiger partial charge in [-0.2, -0.15) is 0 Å². The lowest BCUT2D eigenvalue weighted by atomic mass is 10.2. The molecule has 0 spiro atoms. The third kappa shape index (κ3) is 5.11. The summed E-state index contributed by atoms with van der Waals surface area (Å²) < 4.78 is 29.9. The molecule has 8 heteroatoms. The average molecular weight is 383 g/mol. The highest BCUT2D eigenvalue weighted by Gasteiger charge is 2.17. The Hall–Kier alpha value is -2.25. The number of carbonyl (C=O) groups excluding carboxylic acids is 1. The molecule has 134 valence electrons. The summed E-state index contributed by atoms with van der Waals surface area (Å²) in [6, 6.07) is 13.4. The van der Waals surface area contributed by atoms with Crippen molar-refractivity contribution in [2.24, 2.45) is 0 Å². The third-order valence-electron chi connectivity index (χ3n) is 3.48. The molecule has 0 saturated heterocycles. The molecule has 2 rings (SSSR count). The molecule has 0 unspecified atom stereocenters. The fraction of sp³-hybridized carbons (Fsp3) is 0.235. The molecule has 0 aromatic heterocycles. The number of benzene rings is 2. The standard InChI is InChI=1S/C17H19ClN2O4S/c1-12(24-16-10-5-4-9-15(16)18)17(21)19-13-7-6-8-14(11-13)20(2)25(3,22)23/h4-12H,1-3H3,(H,19,21)/t12-/m1/s1. The Balaban J connectivity index is 2.09. The minimum atomic E-state index is -3.38. The lowest BCUT2D eigenvalue weighted by molar-refractivity contribution is -0.122. The summed E-state index contributed by atoms with van der Waals surface area (Å²) in [5.41, 5.74) is 0.910. The number of hydrogen-bond acceptors (Lipinski definition) is 4. The fourth-order valence-corrected chi connectivity index (χ4v) is 2.68. The predicted molar refractivity (Wildman–Crippen MR) is 99.9 cm³/mol. The molecular formula is C17H19ClN2O4S.